The molecule has 6 heteroatoms. The number of sulfonamides is 1. The molecule has 0 atom stereocenters. The van der Waals surface area contributed by atoms with Crippen LogP contribution in [0.15, 0.2) is 0 Å². The fraction of sp³-hybridized carbons (Fsp3) is 1.00. The molecule has 0 rings (SSSR count). The van der Waals surface area contributed by atoms with Crippen molar-refractivity contribution in [2.45, 2.75) is 25.9 Å². The van der Waals surface area contributed by atoms with Crippen molar-refractivity contribution in [3.8, 4) is 0 Å². The largest absolute Gasteiger partial charge is 0.389 e. The molecule has 0 aromatic rings. The number of hydrogen-bond acceptors (Lipinski definition) is 4. The van der Waals surface area contributed by atoms with E-state index in [2.05, 4.69) is 4.72 Å². The average molecular weight is 238 g/mol. The van der Waals surface area contributed by atoms with Crippen molar-refractivity contribution in [2.75, 3.05) is 32.9 Å². The standard InChI is InChI=1S/C9H22N2O3S/c1-9(2,12)8-11(4)6-5-7-15(13,14)10-3/h10,12H,5-8H2,1-4H3. The second-order valence-corrected chi connectivity index (χ2v) is 6.47. The zero-order valence-electron chi connectivity index (χ0n) is 9.95. The van der Waals surface area contributed by atoms with E-state index in [-0.39, 0.29) is 5.75 Å². The highest BCUT2D eigenvalue weighted by atomic mass is 32.2. The van der Waals surface area contributed by atoms with Gasteiger partial charge >= 0.3 is 0 Å². The Kier molecular flexibility index (Phi) is 5.72. The van der Waals surface area contributed by atoms with Crippen molar-refractivity contribution in [2.24, 2.45) is 0 Å². The minimum atomic E-state index is -3.10. The van der Waals surface area contributed by atoms with Crippen LogP contribution in [0.3, 0.4) is 0 Å². The van der Waals surface area contributed by atoms with Crippen LogP contribution in [0.1, 0.15) is 20.3 Å². The van der Waals surface area contributed by atoms with Crippen LogP contribution in [0.5, 0.6) is 0 Å². The summed E-state index contributed by atoms with van der Waals surface area (Å²) in [6.07, 6.45) is 0.565. The molecule has 0 aliphatic rings. The Hall–Kier alpha value is -0.170. The summed E-state index contributed by atoms with van der Waals surface area (Å²) < 4.78 is 24.4. The van der Waals surface area contributed by atoms with Gasteiger partial charge in [0.05, 0.1) is 11.4 Å². The molecule has 0 aromatic heterocycles. The molecule has 0 aliphatic carbocycles. The van der Waals surface area contributed by atoms with Crippen LogP contribution < -0.4 is 4.72 Å². The fourth-order valence-corrected chi connectivity index (χ4v) is 2.08. The first-order chi connectivity index (χ1) is 6.66. The van der Waals surface area contributed by atoms with Gasteiger partial charge in [0.15, 0.2) is 0 Å². The van der Waals surface area contributed by atoms with Gasteiger partial charge in [-0.05, 0) is 40.9 Å². The molecular formula is C9H22N2O3S. The number of rotatable bonds is 7. The highest BCUT2D eigenvalue weighted by Crippen LogP contribution is 2.03. The molecular weight excluding hydrogens is 216 g/mol. The summed E-state index contributed by atoms with van der Waals surface area (Å²) in [7, 11) is 0.180. The summed E-state index contributed by atoms with van der Waals surface area (Å²) in [6, 6.07) is 0. The molecule has 2 N–H and O–H groups in total. The maximum Gasteiger partial charge on any atom is 0.211 e. The molecule has 0 saturated carbocycles. The Morgan fingerprint density at radius 1 is 1.40 bits per heavy atom. The Bertz CT molecular complexity index is 270. The highest BCUT2D eigenvalue weighted by Gasteiger charge is 2.15. The molecule has 0 heterocycles. The lowest BCUT2D eigenvalue weighted by Gasteiger charge is -2.25. The molecule has 0 spiro atoms. The Labute approximate surface area is 92.5 Å². The third-order valence-corrected chi connectivity index (χ3v) is 3.37. The van der Waals surface area contributed by atoms with Crippen molar-refractivity contribution >= 4 is 10.0 Å². The third kappa shape index (κ3) is 8.80. The molecule has 0 unspecified atom stereocenters. The van der Waals surface area contributed by atoms with E-state index < -0.39 is 15.6 Å². The molecule has 0 saturated heterocycles. The first-order valence-electron chi connectivity index (χ1n) is 4.98. The lowest BCUT2D eigenvalue weighted by molar-refractivity contribution is 0.0448. The second-order valence-electron chi connectivity index (χ2n) is 4.43. The smallest absolute Gasteiger partial charge is 0.211 e. The topological polar surface area (TPSA) is 69.6 Å². The van der Waals surface area contributed by atoms with Crippen molar-refractivity contribution in [1.29, 1.82) is 0 Å². The summed E-state index contributed by atoms with van der Waals surface area (Å²) in [5.41, 5.74) is -0.739. The first kappa shape index (κ1) is 14.8. The van der Waals surface area contributed by atoms with Crippen molar-refractivity contribution in [3.05, 3.63) is 0 Å². The van der Waals surface area contributed by atoms with E-state index in [4.69, 9.17) is 0 Å². The lowest BCUT2D eigenvalue weighted by atomic mass is 10.1. The van der Waals surface area contributed by atoms with Gasteiger partial charge in [0, 0.05) is 6.54 Å². The van der Waals surface area contributed by atoms with Gasteiger partial charge in [-0.2, -0.15) is 0 Å². The Morgan fingerprint density at radius 3 is 2.33 bits per heavy atom. The summed E-state index contributed by atoms with van der Waals surface area (Å²) >= 11 is 0. The van der Waals surface area contributed by atoms with Crippen LogP contribution in [0, 0.1) is 0 Å². The second kappa shape index (κ2) is 5.79. The number of likely N-dealkylation sites (N-methyl/N-ethyl adjacent to an activating group) is 1. The Morgan fingerprint density at radius 2 is 1.93 bits per heavy atom. The monoisotopic (exact) mass is 238 g/mol. The number of hydrogen-bond donors (Lipinski definition) is 2. The van der Waals surface area contributed by atoms with E-state index in [1.807, 2.05) is 11.9 Å². The third-order valence-electron chi connectivity index (χ3n) is 1.92. The van der Waals surface area contributed by atoms with E-state index >= 15 is 0 Å². The molecule has 15 heavy (non-hydrogen) atoms. The van der Waals surface area contributed by atoms with E-state index in [1.165, 1.54) is 7.05 Å². The van der Waals surface area contributed by atoms with Gasteiger partial charge in [-0.1, -0.05) is 0 Å². The molecule has 5 nitrogen and oxygen atoms in total. The molecule has 0 amide bonds. The molecule has 0 radical (unpaired) electrons. The van der Waals surface area contributed by atoms with Gasteiger partial charge in [0.2, 0.25) is 10.0 Å². The van der Waals surface area contributed by atoms with Crippen LogP contribution in [0.4, 0.5) is 0 Å². The van der Waals surface area contributed by atoms with Crippen LogP contribution in [-0.2, 0) is 10.0 Å². The lowest BCUT2D eigenvalue weighted by Crippen LogP contribution is -2.37. The normalized spacial score (nSPS) is 13.5. The molecule has 0 aliphatic heterocycles. The van der Waals surface area contributed by atoms with Gasteiger partial charge in [-0.15, -0.1) is 0 Å². The van der Waals surface area contributed by atoms with Gasteiger partial charge in [0.1, 0.15) is 0 Å². The van der Waals surface area contributed by atoms with Crippen LogP contribution in [-0.4, -0.2) is 57.0 Å². The zero-order valence-corrected chi connectivity index (χ0v) is 10.8. The minimum absolute atomic E-state index is 0.125. The van der Waals surface area contributed by atoms with E-state index in [0.29, 0.717) is 19.5 Å². The van der Waals surface area contributed by atoms with Crippen LogP contribution >= 0.6 is 0 Å². The number of aliphatic hydroxyl groups is 1. The summed E-state index contributed by atoms with van der Waals surface area (Å²) in [5.74, 6) is 0.125. The molecule has 92 valence electrons. The molecule has 0 aromatic carbocycles. The predicted octanol–water partition coefficient (Wildman–Crippen LogP) is -0.372. The summed E-state index contributed by atoms with van der Waals surface area (Å²) in [5, 5.41) is 9.52. The average Bonchev–Trinajstić information content (AvgIpc) is 2.00. The fourth-order valence-electron chi connectivity index (χ4n) is 1.37. The predicted molar refractivity (Wildman–Crippen MR) is 61.3 cm³/mol. The maximum absolute atomic E-state index is 11.1. The summed E-state index contributed by atoms with van der Waals surface area (Å²) in [4.78, 5) is 1.92. The van der Waals surface area contributed by atoms with Gasteiger partial charge in [0.25, 0.3) is 0 Å². The first-order valence-corrected chi connectivity index (χ1v) is 6.64. The van der Waals surface area contributed by atoms with Crippen molar-refractivity contribution < 1.29 is 13.5 Å². The van der Waals surface area contributed by atoms with Gasteiger partial charge < -0.3 is 10.0 Å². The Balaban J connectivity index is 3.79. The SMILES string of the molecule is CNS(=O)(=O)CCCN(C)CC(C)(C)O. The maximum atomic E-state index is 11.1. The van der Waals surface area contributed by atoms with Gasteiger partial charge in [-0.3, -0.25) is 0 Å². The van der Waals surface area contributed by atoms with Crippen LogP contribution in [0.25, 0.3) is 0 Å². The summed E-state index contributed by atoms with van der Waals surface area (Å²) in [6.45, 7) is 4.65. The van der Waals surface area contributed by atoms with Crippen molar-refractivity contribution in [3.63, 3.8) is 0 Å². The van der Waals surface area contributed by atoms with Gasteiger partial charge in [-0.25, -0.2) is 13.1 Å². The molecule has 0 fully saturated rings. The molecule has 0 bridgehead atoms. The number of nitrogens with one attached hydrogen (secondary N) is 1. The van der Waals surface area contributed by atoms with E-state index in [0.717, 1.165) is 0 Å². The van der Waals surface area contributed by atoms with Crippen LogP contribution in [0.2, 0.25) is 0 Å². The quantitative estimate of drug-likeness (QED) is 0.635. The minimum Gasteiger partial charge on any atom is -0.389 e. The number of nitrogens with zero attached hydrogens (tertiary/aromatic N) is 1. The van der Waals surface area contributed by atoms with E-state index in [9.17, 15) is 13.5 Å². The highest BCUT2D eigenvalue weighted by molar-refractivity contribution is 7.89. The zero-order chi connectivity index (χ0) is 12.1. The van der Waals surface area contributed by atoms with Crippen molar-refractivity contribution in [1.82, 2.24) is 9.62 Å². The van der Waals surface area contributed by atoms with E-state index in [1.54, 1.807) is 13.8 Å².